The lowest BCUT2D eigenvalue weighted by Gasteiger charge is -2.30. The second-order valence-electron chi connectivity index (χ2n) is 6.26. The topological polar surface area (TPSA) is 41.1 Å². The Labute approximate surface area is 111 Å². The van der Waals surface area contributed by atoms with Crippen LogP contribution in [0.15, 0.2) is 0 Å². The van der Waals surface area contributed by atoms with Crippen LogP contribution < -0.4 is 10.6 Å². The summed E-state index contributed by atoms with van der Waals surface area (Å²) in [7, 11) is 0. The fraction of sp³-hybridized carbons (Fsp3) is 0.933. The summed E-state index contributed by atoms with van der Waals surface area (Å²) in [6, 6.07) is 0.443. The van der Waals surface area contributed by atoms with Crippen LogP contribution in [0.2, 0.25) is 0 Å². The van der Waals surface area contributed by atoms with Crippen LogP contribution in [0.1, 0.15) is 52.4 Å². The maximum Gasteiger partial charge on any atom is 0.224 e. The Bertz CT molecular complexity index is 272. The van der Waals surface area contributed by atoms with Gasteiger partial charge in [-0.05, 0) is 44.1 Å². The first kappa shape index (κ1) is 13.9. The molecule has 2 rings (SSSR count). The molecule has 2 N–H and O–H groups in total. The van der Waals surface area contributed by atoms with Gasteiger partial charge in [-0.1, -0.05) is 26.7 Å². The Morgan fingerprint density at radius 2 is 1.94 bits per heavy atom. The van der Waals surface area contributed by atoms with Crippen molar-refractivity contribution in [2.75, 3.05) is 13.1 Å². The highest BCUT2D eigenvalue weighted by Gasteiger charge is 2.31. The number of carbonyl (C=O) groups excluding carboxylic acids is 1. The van der Waals surface area contributed by atoms with Crippen molar-refractivity contribution in [3.8, 4) is 0 Å². The second kappa shape index (κ2) is 6.55. The van der Waals surface area contributed by atoms with E-state index < -0.39 is 0 Å². The summed E-state index contributed by atoms with van der Waals surface area (Å²) in [4.78, 5) is 12.2. The number of amides is 1. The van der Waals surface area contributed by atoms with Gasteiger partial charge in [0.25, 0.3) is 0 Å². The molecule has 1 saturated heterocycles. The molecule has 2 fully saturated rings. The predicted octanol–water partition coefficient (Wildman–Crippen LogP) is 2.32. The third kappa shape index (κ3) is 3.47. The molecule has 0 radical (unpaired) electrons. The standard InChI is InChI=1S/C15H28N2O/c1-3-4-12-5-7-13(8-6-12)17-15(18)14-10-16-9-11(14)2/h11-14,16H,3-10H2,1-2H3,(H,17,18)/t11-,12?,13?,14-/m1/s1. The molecule has 3 heteroatoms. The van der Waals surface area contributed by atoms with E-state index in [1.807, 2.05) is 0 Å². The third-order valence-electron chi connectivity index (χ3n) is 4.74. The Balaban J connectivity index is 1.72. The van der Waals surface area contributed by atoms with Crippen LogP contribution in [0.5, 0.6) is 0 Å². The first-order valence-corrected chi connectivity index (χ1v) is 7.71. The summed E-state index contributed by atoms with van der Waals surface area (Å²) in [6.45, 7) is 6.28. The third-order valence-corrected chi connectivity index (χ3v) is 4.74. The molecule has 3 nitrogen and oxygen atoms in total. The normalized spacial score (nSPS) is 36.6. The fourth-order valence-electron chi connectivity index (χ4n) is 3.47. The number of hydrogen-bond donors (Lipinski definition) is 2. The molecule has 0 aromatic heterocycles. The summed E-state index contributed by atoms with van der Waals surface area (Å²) >= 11 is 0. The minimum atomic E-state index is 0.193. The minimum absolute atomic E-state index is 0.193. The number of carbonyl (C=O) groups is 1. The Morgan fingerprint density at radius 1 is 1.22 bits per heavy atom. The average molecular weight is 252 g/mol. The summed E-state index contributed by atoms with van der Waals surface area (Å²) in [5.41, 5.74) is 0. The maximum absolute atomic E-state index is 12.2. The molecule has 0 aromatic rings. The van der Waals surface area contributed by atoms with Gasteiger partial charge in [0, 0.05) is 12.6 Å². The molecule has 104 valence electrons. The zero-order valence-electron chi connectivity index (χ0n) is 11.9. The number of rotatable bonds is 4. The maximum atomic E-state index is 12.2. The van der Waals surface area contributed by atoms with Crippen molar-refractivity contribution in [1.82, 2.24) is 10.6 Å². The van der Waals surface area contributed by atoms with Gasteiger partial charge in [0.1, 0.15) is 0 Å². The van der Waals surface area contributed by atoms with Crippen LogP contribution in [-0.4, -0.2) is 25.0 Å². The Hall–Kier alpha value is -0.570. The summed E-state index contributed by atoms with van der Waals surface area (Å²) in [6.07, 6.45) is 7.64. The molecule has 1 aliphatic heterocycles. The molecule has 1 amide bonds. The van der Waals surface area contributed by atoms with E-state index in [1.165, 1.54) is 38.5 Å². The zero-order chi connectivity index (χ0) is 13.0. The minimum Gasteiger partial charge on any atom is -0.353 e. The van der Waals surface area contributed by atoms with Gasteiger partial charge in [-0.25, -0.2) is 0 Å². The average Bonchev–Trinajstić information content (AvgIpc) is 2.78. The van der Waals surface area contributed by atoms with E-state index in [2.05, 4.69) is 24.5 Å². The summed E-state index contributed by atoms with van der Waals surface area (Å²) in [5.74, 6) is 1.88. The van der Waals surface area contributed by atoms with Crippen molar-refractivity contribution < 1.29 is 4.79 Å². The van der Waals surface area contributed by atoms with Crippen LogP contribution in [0.3, 0.4) is 0 Å². The first-order valence-electron chi connectivity index (χ1n) is 7.71. The van der Waals surface area contributed by atoms with E-state index in [4.69, 9.17) is 0 Å². The van der Waals surface area contributed by atoms with Gasteiger partial charge in [0.05, 0.1) is 5.92 Å². The summed E-state index contributed by atoms with van der Waals surface area (Å²) in [5, 5.41) is 6.58. The highest BCUT2D eigenvalue weighted by molar-refractivity contribution is 5.79. The summed E-state index contributed by atoms with van der Waals surface area (Å²) < 4.78 is 0. The van der Waals surface area contributed by atoms with Crippen molar-refractivity contribution in [3.05, 3.63) is 0 Å². The first-order chi connectivity index (χ1) is 8.70. The molecular weight excluding hydrogens is 224 g/mol. The van der Waals surface area contributed by atoms with Gasteiger partial charge in [-0.2, -0.15) is 0 Å². The van der Waals surface area contributed by atoms with E-state index >= 15 is 0 Å². The van der Waals surface area contributed by atoms with E-state index in [1.54, 1.807) is 0 Å². The van der Waals surface area contributed by atoms with E-state index in [0.29, 0.717) is 12.0 Å². The molecule has 2 atom stereocenters. The Kier molecular flexibility index (Phi) is 5.04. The van der Waals surface area contributed by atoms with Crippen molar-refractivity contribution in [3.63, 3.8) is 0 Å². The smallest absolute Gasteiger partial charge is 0.224 e. The van der Waals surface area contributed by atoms with Gasteiger partial charge in [0.15, 0.2) is 0 Å². The Morgan fingerprint density at radius 3 is 2.50 bits per heavy atom. The van der Waals surface area contributed by atoms with E-state index in [9.17, 15) is 4.79 Å². The predicted molar refractivity (Wildman–Crippen MR) is 74.3 cm³/mol. The molecule has 1 aliphatic carbocycles. The lowest BCUT2D eigenvalue weighted by Crippen LogP contribution is -2.42. The van der Waals surface area contributed by atoms with Crippen LogP contribution >= 0.6 is 0 Å². The lowest BCUT2D eigenvalue weighted by molar-refractivity contribution is -0.126. The van der Waals surface area contributed by atoms with Crippen LogP contribution in [0, 0.1) is 17.8 Å². The van der Waals surface area contributed by atoms with Gasteiger partial charge in [-0.3, -0.25) is 4.79 Å². The van der Waals surface area contributed by atoms with Crippen molar-refractivity contribution in [2.45, 2.75) is 58.4 Å². The lowest BCUT2D eigenvalue weighted by atomic mass is 9.83. The highest BCUT2D eigenvalue weighted by Crippen LogP contribution is 2.28. The molecule has 0 spiro atoms. The van der Waals surface area contributed by atoms with Crippen molar-refractivity contribution in [2.24, 2.45) is 17.8 Å². The molecule has 0 aromatic carbocycles. The van der Waals surface area contributed by atoms with Gasteiger partial charge in [0.2, 0.25) is 5.91 Å². The zero-order valence-corrected chi connectivity index (χ0v) is 11.9. The molecule has 0 unspecified atom stereocenters. The largest absolute Gasteiger partial charge is 0.353 e. The van der Waals surface area contributed by atoms with Gasteiger partial charge < -0.3 is 10.6 Å². The molecule has 1 heterocycles. The van der Waals surface area contributed by atoms with E-state index in [0.717, 1.165) is 19.0 Å². The molecule has 0 bridgehead atoms. The number of nitrogens with one attached hydrogen (secondary N) is 2. The number of hydrogen-bond acceptors (Lipinski definition) is 2. The van der Waals surface area contributed by atoms with Crippen LogP contribution in [0.25, 0.3) is 0 Å². The molecule has 1 saturated carbocycles. The SMILES string of the molecule is CCCC1CCC(NC(=O)[C@@H]2CNC[C@H]2C)CC1. The van der Waals surface area contributed by atoms with Crippen LogP contribution in [-0.2, 0) is 4.79 Å². The van der Waals surface area contributed by atoms with Crippen molar-refractivity contribution in [1.29, 1.82) is 0 Å². The van der Waals surface area contributed by atoms with Crippen LogP contribution in [0.4, 0.5) is 0 Å². The van der Waals surface area contributed by atoms with Gasteiger partial charge in [-0.15, -0.1) is 0 Å². The molecular formula is C15H28N2O. The van der Waals surface area contributed by atoms with Crippen molar-refractivity contribution >= 4 is 5.91 Å². The quantitative estimate of drug-likeness (QED) is 0.806. The molecule has 2 aliphatic rings. The second-order valence-corrected chi connectivity index (χ2v) is 6.26. The molecule has 18 heavy (non-hydrogen) atoms. The fourth-order valence-corrected chi connectivity index (χ4v) is 3.47. The van der Waals surface area contributed by atoms with Gasteiger partial charge >= 0.3 is 0 Å². The highest BCUT2D eigenvalue weighted by atomic mass is 16.2. The monoisotopic (exact) mass is 252 g/mol. The van der Waals surface area contributed by atoms with E-state index in [-0.39, 0.29) is 11.8 Å².